The molecule has 0 bridgehead atoms. The minimum absolute atomic E-state index is 0.273. The number of ether oxygens (including phenoxy) is 1. The summed E-state index contributed by atoms with van der Waals surface area (Å²) in [5, 5.41) is 0.379. The molecule has 39 heavy (non-hydrogen) atoms. The first-order chi connectivity index (χ1) is 19.0. The number of allylic oxidation sites excluding steroid dienone is 2. The lowest BCUT2D eigenvalue weighted by Gasteiger charge is -2.41. The Kier molecular flexibility index (Phi) is 11.2. The Labute approximate surface area is 245 Å². The lowest BCUT2D eigenvalue weighted by atomic mass is 9.92. The van der Waals surface area contributed by atoms with Crippen LogP contribution in [-0.2, 0) is 20.6 Å². The van der Waals surface area contributed by atoms with E-state index in [-0.39, 0.29) is 12.6 Å². The Hall–Kier alpha value is -2.51. The number of hydrogen-bond donors (Lipinski definition) is 1. The van der Waals surface area contributed by atoms with Crippen LogP contribution in [0.2, 0.25) is 0 Å². The van der Waals surface area contributed by atoms with Gasteiger partial charge in [0.15, 0.2) is 0 Å². The Bertz CT molecular complexity index is 1290. The van der Waals surface area contributed by atoms with E-state index in [4.69, 9.17) is 4.74 Å². The third kappa shape index (κ3) is 8.24. The lowest BCUT2D eigenvalue weighted by Crippen LogP contribution is -2.46. The van der Waals surface area contributed by atoms with Crippen molar-refractivity contribution in [1.82, 2.24) is 4.67 Å². The summed E-state index contributed by atoms with van der Waals surface area (Å²) in [5.41, 5.74) is 3.14. The third-order valence-electron chi connectivity index (χ3n) is 7.01. The molecule has 5 nitrogen and oxygen atoms in total. The van der Waals surface area contributed by atoms with Gasteiger partial charge in [-0.2, -0.15) is 0 Å². The molecule has 1 aliphatic rings. The van der Waals surface area contributed by atoms with Gasteiger partial charge >= 0.3 is 5.97 Å². The van der Waals surface area contributed by atoms with Gasteiger partial charge in [-0.15, -0.1) is 0 Å². The second-order valence-electron chi connectivity index (χ2n) is 9.71. The topological polar surface area (TPSA) is 66.8 Å². The molecule has 0 aromatic heterocycles. The fraction of sp³-hybridized carbons (Fsp3) is 0.281. The summed E-state index contributed by atoms with van der Waals surface area (Å²) in [6.45, 7) is 0.273. The first-order valence-electron chi connectivity index (χ1n) is 13.4. The Balaban J connectivity index is 1.59. The van der Waals surface area contributed by atoms with Crippen molar-refractivity contribution < 1.29 is 19.0 Å². The van der Waals surface area contributed by atoms with Crippen molar-refractivity contribution >= 4 is 41.4 Å². The molecule has 3 atom stereocenters. The number of unbranched alkanes of at least 4 members (excludes halogenated alkanes) is 1. The monoisotopic (exact) mass is 655 g/mol. The number of halogens is 1. The average molecular weight is 656 g/mol. The second kappa shape index (κ2) is 14.8. The Morgan fingerprint density at radius 3 is 2.21 bits per heavy atom. The maximum absolute atomic E-state index is 14.1. The number of rotatable bonds is 11. The van der Waals surface area contributed by atoms with E-state index in [2.05, 4.69) is 34.7 Å². The first-order valence-corrected chi connectivity index (χ1v) is 16.3. The maximum atomic E-state index is 14.1. The predicted octanol–water partition coefficient (Wildman–Crippen LogP) is 7.81. The largest absolute Gasteiger partial charge is 0.458 e. The fourth-order valence-electron chi connectivity index (χ4n) is 4.98. The summed E-state index contributed by atoms with van der Waals surface area (Å²) in [6.07, 6.45) is 9.68. The fourth-order valence-corrected chi connectivity index (χ4v) is 7.22. The molecule has 1 saturated carbocycles. The van der Waals surface area contributed by atoms with E-state index in [0.29, 0.717) is 18.1 Å². The van der Waals surface area contributed by atoms with Crippen molar-refractivity contribution in [2.75, 3.05) is 0 Å². The predicted molar refractivity (Wildman–Crippen MR) is 167 cm³/mol. The van der Waals surface area contributed by atoms with E-state index < -0.39 is 19.6 Å². The van der Waals surface area contributed by atoms with Crippen LogP contribution in [0.1, 0.15) is 44.1 Å². The minimum atomic E-state index is -3.96. The van der Waals surface area contributed by atoms with Crippen LogP contribution in [0.3, 0.4) is 0 Å². The molecule has 1 aliphatic carbocycles. The molecule has 0 spiro atoms. The molecule has 0 saturated heterocycles. The summed E-state index contributed by atoms with van der Waals surface area (Å²) in [4.78, 5) is 24.3. The number of esters is 1. The van der Waals surface area contributed by atoms with Gasteiger partial charge in [0, 0.05) is 12.6 Å². The summed E-state index contributed by atoms with van der Waals surface area (Å²) < 4.78 is 23.7. The summed E-state index contributed by atoms with van der Waals surface area (Å²) in [5.74, 6) is -0.398. The molecular weight excluding hydrogens is 620 g/mol. The lowest BCUT2D eigenvalue weighted by molar-refractivity contribution is -0.147. The summed E-state index contributed by atoms with van der Waals surface area (Å²) in [7, 11) is -3.96. The maximum Gasteiger partial charge on any atom is 0.330 e. The molecule has 0 amide bonds. The molecule has 1 fully saturated rings. The highest BCUT2D eigenvalue weighted by Gasteiger charge is 2.42. The van der Waals surface area contributed by atoms with E-state index >= 15 is 0 Å². The van der Waals surface area contributed by atoms with Crippen molar-refractivity contribution in [2.24, 2.45) is 0 Å². The highest BCUT2D eigenvalue weighted by Crippen LogP contribution is 2.49. The highest BCUT2D eigenvalue weighted by atomic mass is 127. The number of nitrogens with zero attached hydrogens (tertiary/aromatic N) is 1. The van der Waals surface area contributed by atoms with Crippen LogP contribution in [0, 0.1) is 0 Å². The van der Waals surface area contributed by atoms with Crippen LogP contribution in [0.4, 0.5) is 0 Å². The third-order valence-corrected chi connectivity index (χ3v) is 9.62. The molecule has 0 aliphatic heterocycles. The standard InChI is InChI=1S/C32H35INO4P/c33-24-12-2-1-9-19-32(35)38-31-18-11-10-17-30(31)34(39(36,37)29-15-7-4-8-16-29)25-26-20-22-28(23-21-26)27-13-5-3-6-14-27/h3-9,12-16,19-24,30-31H,1-2,10-11,17-18,25H2,(H,36,37)/b19-9+,24-12+/t30-,31-/m1/s1. The van der Waals surface area contributed by atoms with Gasteiger partial charge in [-0.25, -0.2) is 9.46 Å². The van der Waals surface area contributed by atoms with E-state index in [1.54, 1.807) is 28.9 Å². The van der Waals surface area contributed by atoms with Gasteiger partial charge in [0.2, 0.25) is 0 Å². The van der Waals surface area contributed by atoms with Crippen molar-refractivity contribution in [1.29, 1.82) is 0 Å². The molecule has 3 aromatic rings. The molecule has 7 heteroatoms. The van der Waals surface area contributed by atoms with Crippen molar-refractivity contribution in [3.8, 4) is 11.1 Å². The number of hydrogen-bond acceptors (Lipinski definition) is 3. The molecule has 4 rings (SSSR count). The van der Waals surface area contributed by atoms with E-state index in [1.165, 1.54) is 6.08 Å². The summed E-state index contributed by atoms with van der Waals surface area (Å²) >= 11 is 2.18. The van der Waals surface area contributed by atoms with Gasteiger partial charge in [0.1, 0.15) is 6.10 Å². The molecule has 1 unspecified atom stereocenters. The Morgan fingerprint density at radius 2 is 1.51 bits per heavy atom. The van der Waals surface area contributed by atoms with Gasteiger partial charge in [-0.1, -0.05) is 114 Å². The Morgan fingerprint density at radius 1 is 0.897 bits per heavy atom. The summed E-state index contributed by atoms with van der Waals surface area (Å²) in [6, 6.07) is 26.7. The highest BCUT2D eigenvalue weighted by molar-refractivity contribution is 14.1. The number of benzene rings is 3. The van der Waals surface area contributed by atoms with Gasteiger partial charge in [-0.3, -0.25) is 4.57 Å². The SMILES string of the molecule is O=C(/C=C/CC/C=C/I)O[C@@H]1CCCC[C@H]1N(Cc1ccc(-c2ccccc2)cc1)P(=O)(O)c1ccccc1. The molecule has 1 N–H and O–H groups in total. The van der Waals surface area contributed by atoms with Crippen molar-refractivity contribution in [2.45, 2.75) is 57.2 Å². The molecule has 0 heterocycles. The zero-order valence-electron chi connectivity index (χ0n) is 21.9. The van der Waals surface area contributed by atoms with E-state index in [9.17, 15) is 14.3 Å². The average Bonchev–Trinajstić information content (AvgIpc) is 2.97. The van der Waals surface area contributed by atoms with Crippen LogP contribution in [0.5, 0.6) is 0 Å². The van der Waals surface area contributed by atoms with Crippen LogP contribution >= 0.6 is 30.1 Å². The van der Waals surface area contributed by atoms with Crippen LogP contribution in [0.25, 0.3) is 11.1 Å². The molecule has 0 radical (unpaired) electrons. The number of carbonyl (C=O) groups is 1. The first kappa shape index (κ1) is 29.5. The van der Waals surface area contributed by atoms with Crippen LogP contribution in [0.15, 0.2) is 107 Å². The van der Waals surface area contributed by atoms with Gasteiger partial charge in [0.05, 0.1) is 11.3 Å². The van der Waals surface area contributed by atoms with Crippen molar-refractivity contribution in [3.05, 3.63) is 113 Å². The molecule has 3 aromatic carbocycles. The molecular formula is C32H35INO4P. The second-order valence-corrected chi connectivity index (χ2v) is 12.5. The van der Waals surface area contributed by atoms with E-state index in [1.807, 2.05) is 64.8 Å². The van der Waals surface area contributed by atoms with Crippen LogP contribution < -0.4 is 5.30 Å². The number of carbonyl (C=O) groups excluding carboxylic acids is 1. The zero-order chi connectivity index (χ0) is 27.5. The van der Waals surface area contributed by atoms with Gasteiger partial charge in [0.25, 0.3) is 7.52 Å². The van der Waals surface area contributed by atoms with Crippen molar-refractivity contribution in [3.63, 3.8) is 0 Å². The normalized spacial score (nSPS) is 19.4. The van der Waals surface area contributed by atoms with Gasteiger partial charge in [-0.05, 0) is 65.0 Å². The quantitative estimate of drug-likeness (QED) is 0.0751. The van der Waals surface area contributed by atoms with Crippen LogP contribution in [-0.4, -0.2) is 27.7 Å². The minimum Gasteiger partial charge on any atom is -0.458 e. The van der Waals surface area contributed by atoms with E-state index in [0.717, 1.165) is 42.4 Å². The smallest absolute Gasteiger partial charge is 0.330 e. The zero-order valence-corrected chi connectivity index (χ0v) is 25.0. The van der Waals surface area contributed by atoms with Gasteiger partial charge < -0.3 is 9.63 Å². The molecule has 204 valence electrons.